The van der Waals surface area contributed by atoms with E-state index in [2.05, 4.69) is 4.98 Å². The van der Waals surface area contributed by atoms with Gasteiger partial charge in [-0.3, -0.25) is 0 Å². The van der Waals surface area contributed by atoms with Gasteiger partial charge in [0.15, 0.2) is 0 Å². The summed E-state index contributed by atoms with van der Waals surface area (Å²) in [5.41, 5.74) is 3.60. The lowest BCUT2D eigenvalue weighted by atomic mass is 10.1. The fourth-order valence-corrected chi connectivity index (χ4v) is 3.25. The molecule has 0 spiro atoms. The number of carbonyl (C=O) groups excluding carboxylic acids is 1. The third-order valence-electron chi connectivity index (χ3n) is 3.40. The summed E-state index contributed by atoms with van der Waals surface area (Å²) in [4.78, 5) is 16.1. The van der Waals surface area contributed by atoms with E-state index in [-0.39, 0.29) is 5.97 Å². The molecule has 0 atom stereocenters. The Balaban J connectivity index is 1.75. The third-order valence-corrected chi connectivity index (χ3v) is 4.49. The zero-order chi connectivity index (χ0) is 16.2. The van der Waals surface area contributed by atoms with E-state index < -0.39 is 0 Å². The summed E-state index contributed by atoms with van der Waals surface area (Å²) < 4.78 is 4.70. The van der Waals surface area contributed by atoms with Gasteiger partial charge in [-0.15, -0.1) is 11.3 Å². The Morgan fingerprint density at radius 2 is 2.00 bits per heavy atom. The molecule has 0 saturated carbocycles. The Kier molecular flexibility index (Phi) is 4.74. The van der Waals surface area contributed by atoms with Gasteiger partial charge in [0.2, 0.25) is 0 Å². The van der Waals surface area contributed by atoms with Gasteiger partial charge in [0.1, 0.15) is 0 Å². The average Bonchev–Trinajstić information content (AvgIpc) is 3.03. The van der Waals surface area contributed by atoms with Crippen LogP contribution in [0.4, 0.5) is 0 Å². The molecule has 3 aromatic rings. The second kappa shape index (κ2) is 6.94. The van der Waals surface area contributed by atoms with Crippen LogP contribution in [-0.4, -0.2) is 18.1 Å². The second-order valence-electron chi connectivity index (χ2n) is 5.00. The fourth-order valence-electron chi connectivity index (χ4n) is 2.22. The molecule has 0 radical (unpaired) electrons. The highest BCUT2D eigenvalue weighted by molar-refractivity contribution is 7.10. The van der Waals surface area contributed by atoms with E-state index in [9.17, 15) is 4.79 Å². The Morgan fingerprint density at radius 3 is 2.70 bits per heavy atom. The van der Waals surface area contributed by atoms with Gasteiger partial charge in [-0.1, -0.05) is 35.9 Å². The number of methoxy groups -OCH3 is 1. The van der Waals surface area contributed by atoms with E-state index in [1.54, 1.807) is 23.5 Å². The van der Waals surface area contributed by atoms with Crippen LogP contribution in [-0.2, 0) is 11.2 Å². The van der Waals surface area contributed by atoms with Crippen molar-refractivity contribution < 1.29 is 9.53 Å². The molecule has 0 amide bonds. The molecule has 1 aromatic heterocycles. The monoisotopic (exact) mass is 343 g/mol. The van der Waals surface area contributed by atoms with E-state index in [0.29, 0.717) is 10.6 Å². The van der Waals surface area contributed by atoms with Crippen LogP contribution in [0.25, 0.3) is 11.3 Å². The van der Waals surface area contributed by atoms with Gasteiger partial charge in [0.05, 0.1) is 23.4 Å². The minimum Gasteiger partial charge on any atom is -0.465 e. The summed E-state index contributed by atoms with van der Waals surface area (Å²) in [6.07, 6.45) is 0.729. The van der Waals surface area contributed by atoms with Gasteiger partial charge in [-0.05, 0) is 29.8 Å². The highest BCUT2D eigenvalue weighted by atomic mass is 35.5. The summed E-state index contributed by atoms with van der Waals surface area (Å²) >= 11 is 7.64. The number of carbonyl (C=O) groups is 1. The standard InChI is InChI=1S/C18H14ClNO2S/c1-22-18(21)13-7-5-12(6-8-13)9-17-20-16(11-23-17)14-3-2-4-15(19)10-14/h2-8,10-11H,9H2,1H3. The number of hydrogen-bond donors (Lipinski definition) is 0. The maximum atomic E-state index is 11.4. The molecule has 0 aliphatic carbocycles. The number of rotatable bonds is 4. The molecule has 0 bridgehead atoms. The number of ether oxygens (including phenoxy) is 1. The third kappa shape index (κ3) is 3.78. The zero-order valence-electron chi connectivity index (χ0n) is 12.5. The molecular weight excluding hydrogens is 330 g/mol. The van der Waals surface area contributed by atoms with Crippen molar-refractivity contribution in [3.05, 3.63) is 75.1 Å². The SMILES string of the molecule is COC(=O)c1ccc(Cc2nc(-c3cccc(Cl)c3)cs2)cc1. The molecule has 5 heteroatoms. The van der Waals surface area contributed by atoms with Crippen molar-refractivity contribution in [3.63, 3.8) is 0 Å². The van der Waals surface area contributed by atoms with Gasteiger partial charge in [0.25, 0.3) is 0 Å². The number of aromatic nitrogens is 1. The van der Waals surface area contributed by atoms with E-state index >= 15 is 0 Å². The van der Waals surface area contributed by atoms with Crippen molar-refractivity contribution >= 4 is 28.9 Å². The van der Waals surface area contributed by atoms with Gasteiger partial charge >= 0.3 is 5.97 Å². The minimum atomic E-state index is -0.325. The largest absolute Gasteiger partial charge is 0.465 e. The van der Waals surface area contributed by atoms with E-state index in [4.69, 9.17) is 16.3 Å². The van der Waals surface area contributed by atoms with E-state index in [1.807, 2.05) is 41.8 Å². The number of benzene rings is 2. The van der Waals surface area contributed by atoms with Crippen LogP contribution in [0.5, 0.6) is 0 Å². The summed E-state index contributed by atoms with van der Waals surface area (Å²) in [5, 5.41) is 3.75. The van der Waals surface area contributed by atoms with Gasteiger partial charge in [-0.2, -0.15) is 0 Å². The first-order valence-corrected chi connectivity index (χ1v) is 8.29. The van der Waals surface area contributed by atoms with Crippen LogP contribution < -0.4 is 0 Å². The van der Waals surface area contributed by atoms with Crippen molar-refractivity contribution in [1.29, 1.82) is 0 Å². The smallest absolute Gasteiger partial charge is 0.337 e. The van der Waals surface area contributed by atoms with Crippen LogP contribution in [0.3, 0.4) is 0 Å². The number of esters is 1. The first kappa shape index (κ1) is 15.7. The summed E-state index contributed by atoms with van der Waals surface area (Å²) in [5.74, 6) is -0.325. The normalized spacial score (nSPS) is 10.5. The van der Waals surface area contributed by atoms with Crippen molar-refractivity contribution in [3.8, 4) is 11.3 Å². The van der Waals surface area contributed by atoms with Crippen LogP contribution in [0, 0.1) is 0 Å². The number of nitrogens with zero attached hydrogens (tertiary/aromatic N) is 1. The highest BCUT2D eigenvalue weighted by Crippen LogP contribution is 2.25. The first-order valence-electron chi connectivity index (χ1n) is 7.03. The van der Waals surface area contributed by atoms with Crippen LogP contribution in [0.2, 0.25) is 5.02 Å². The lowest BCUT2D eigenvalue weighted by molar-refractivity contribution is 0.0600. The molecule has 116 valence electrons. The van der Waals surface area contributed by atoms with Crippen LogP contribution in [0.15, 0.2) is 53.9 Å². The van der Waals surface area contributed by atoms with Gasteiger partial charge in [0, 0.05) is 22.4 Å². The van der Waals surface area contributed by atoms with Crippen LogP contribution >= 0.6 is 22.9 Å². The lowest BCUT2D eigenvalue weighted by Crippen LogP contribution is -2.00. The molecular formula is C18H14ClNO2S. The maximum absolute atomic E-state index is 11.4. The molecule has 3 rings (SSSR count). The Hall–Kier alpha value is -2.17. The molecule has 0 aliphatic heterocycles. The minimum absolute atomic E-state index is 0.325. The van der Waals surface area contributed by atoms with Crippen molar-refractivity contribution in [2.24, 2.45) is 0 Å². The second-order valence-corrected chi connectivity index (χ2v) is 6.38. The average molecular weight is 344 g/mol. The highest BCUT2D eigenvalue weighted by Gasteiger charge is 2.08. The van der Waals surface area contributed by atoms with Crippen molar-refractivity contribution in [2.45, 2.75) is 6.42 Å². The molecule has 23 heavy (non-hydrogen) atoms. The van der Waals surface area contributed by atoms with E-state index in [1.165, 1.54) is 7.11 Å². The fraction of sp³-hybridized carbons (Fsp3) is 0.111. The van der Waals surface area contributed by atoms with E-state index in [0.717, 1.165) is 28.2 Å². The van der Waals surface area contributed by atoms with Gasteiger partial charge in [-0.25, -0.2) is 9.78 Å². The predicted octanol–water partition coefficient (Wildman–Crippen LogP) is 4.84. The Labute approximate surface area is 143 Å². The lowest BCUT2D eigenvalue weighted by Gasteiger charge is -2.01. The molecule has 0 saturated heterocycles. The van der Waals surface area contributed by atoms with Crippen molar-refractivity contribution in [2.75, 3.05) is 7.11 Å². The Bertz CT molecular complexity index is 827. The number of halogens is 1. The predicted molar refractivity (Wildman–Crippen MR) is 93.1 cm³/mol. The molecule has 0 N–H and O–H groups in total. The molecule has 0 unspecified atom stereocenters. The van der Waals surface area contributed by atoms with Crippen molar-refractivity contribution in [1.82, 2.24) is 4.98 Å². The van der Waals surface area contributed by atoms with Crippen LogP contribution in [0.1, 0.15) is 20.9 Å². The number of hydrogen-bond acceptors (Lipinski definition) is 4. The quantitative estimate of drug-likeness (QED) is 0.636. The van der Waals surface area contributed by atoms with Gasteiger partial charge < -0.3 is 4.74 Å². The molecule has 1 heterocycles. The molecule has 2 aromatic carbocycles. The summed E-state index contributed by atoms with van der Waals surface area (Å²) in [6.45, 7) is 0. The molecule has 3 nitrogen and oxygen atoms in total. The molecule has 0 aliphatic rings. The summed E-state index contributed by atoms with van der Waals surface area (Å²) in [6, 6.07) is 15.1. The Morgan fingerprint density at radius 1 is 1.22 bits per heavy atom. The zero-order valence-corrected chi connectivity index (χ0v) is 14.0. The molecule has 0 fully saturated rings. The number of thiazole rings is 1. The summed E-state index contributed by atoms with van der Waals surface area (Å²) in [7, 11) is 1.38. The maximum Gasteiger partial charge on any atom is 0.337 e. The topological polar surface area (TPSA) is 39.2 Å². The first-order chi connectivity index (χ1) is 11.2.